The molecule has 2 atom stereocenters. The van der Waals surface area contributed by atoms with Gasteiger partial charge in [-0.1, -0.05) is 32.1 Å². The molecule has 0 amide bonds. The summed E-state index contributed by atoms with van der Waals surface area (Å²) >= 11 is 0. The SMILES string of the molecule is COC(=O)C1CC1(C=O)CCCCCCCCOC(C)=O. The highest BCUT2D eigenvalue weighted by Crippen LogP contribution is 2.55. The fraction of sp³-hybridized carbons (Fsp3) is 0.812. The van der Waals surface area contributed by atoms with Crippen LogP contribution in [0.5, 0.6) is 0 Å². The van der Waals surface area contributed by atoms with Crippen LogP contribution in [-0.4, -0.2) is 31.9 Å². The largest absolute Gasteiger partial charge is 0.469 e. The highest BCUT2D eigenvalue weighted by Gasteiger charge is 2.58. The molecule has 0 bridgehead atoms. The first-order chi connectivity index (χ1) is 10.1. The van der Waals surface area contributed by atoms with Crippen molar-refractivity contribution in [3.05, 3.63) is 0 Å². The highest BCUT2D eigenvalue weighted by atomic mass is 16.5. The normalized spacial score (nSPS) is 23.4. The van der Waals surface area contributed by atoms with Crippen molar-refractivity contribution in [2.75, 3.05) is 13.7 Å². The number of hydrogen-bond donors (Lipinski definition) is 0. The molecule has 5 nitrogen and oxygen atoms in total. The molecule has 2 unspecified atom stereocenters. The molecule has 1 saturated carbocycles. The van der Waals surface area contributed by atoms with Crippen molar-refractivity contribution in [3.63, 3.8) is 0 Å². The quantitative estimate of drug-likeness (QED) is 0.333. The standard InChI is InChI=1S/C16H26O5/c1-13(18)21-10-8-6-4-3-5-7-9-16(12-17)11-14(16)15(19)20-2/h12,14H,3-11H2,1-2H3. The van der Waals surface area contributed by atoms with Crippen LogP contribution in [0, 0.1) is 11.3 Å². The average Bonchev–Trinajstić information content (AvgIpc) is 3.19. The summed E-state index contributed by atoms with van der Waals surface area (Å²) in [5, 5.41) is 0. The Hall–Kier alpha value is -1.39. The number of ether oxygens (including phenoxy) is 2. The van der Waals surface area contributed by atoms with E-state index < -0.39 is 5.41 Å². The van der Waals surface area contributed by atoms with Crippen LogP contribution >= 0.6 is 0 Å². The second-order valence-corrected chi connectivity index (χ2v) is 5.84. The Morgan fingerprint density at radius 1 is 1.14 bits per heavy atom. The van der Waals surface area contributed by atoms with Gasteiger partial charge in [0.15, 0.2) is 0 Å². The molecule has 1 aliphatic carbocycles. The van der Waals surface area contributed by atoms with Crippen LogP contribution in [0.15, 0.2) is 0 Å². The fourth-order valence-corrected chi connectivity index (χ4v) is 2.73. The van der Waals surface area contributed by atoms with Gasteiger partial charge in [-0.3, -0.25) is 9.59 Å². The van der Waals surface area contributed by atoms with Gasteiger partial charge in [0, 0.05) is 12.3 Å². The molecule has 0 aromatic carbocycles. The lowest BCUT2D eigenvalue weighted by Crippen LogP contribution is -2.13. The van der Waals surface area contributed by atoms with Crippen molar-refractivity contribution in [1.29, 1.82) is 0 Å². The minimum Gasteiger partial charge on any atom is -0.469 e. The molecule has 0 radical (unpaired) electrons. The lowest BCUT2D eigenvalue weighted by atomic mass is 9.96. The molecular weight excluding hydrogens is 272 g/mol. The Morgan fingerprint density at radius 2 is 1.76 bits per heavy atom. The second-order valence-electron chi connectivity index (χ2n) is 5.84. The van der Waals surface area contributed by atoms with E-state index in [0.29, 0.717) is 13.0 Å². The molecule has 0 N–H and O–H groups in total. The third kappa shape index (κ3) is 5.86. The number of carbonyl (C=O) groups excluding carboxylic acids is 3. The van der Waals surface area contributed by atoms with Gasteiger partial charge in [0.25, 0.3) is 0 Å². The van der Waals surface area contributed by atoms with Gasteiger partial charge in [-0.25, -0.2) is 0 Å². The van der Waals surface area contributed by atoms with Crippen molar-refractivity contribution >= 4 is 18.2 Å². The van der Waals surface area contributed by atoms with E-state index in [0.717, 1.165) is 51.2 Å². The summed E-state index contributed by atoms with van der Waals surface area (Å²) in [6.45, 7) is 1.92. The molecule has 1 aliphatic rings. The molecule has 120 valence electrons. The van der Waals surface area contributed by atoms with Gasteiger partial charge in [-0.2, -0.15) is 0 Å². The molecule has 0 aliphatic heterocycles. The van der Waals surface area contributed by atoms with Gasteiger partial charge in [0.1, 0.15) is 6.29 Å². The van der Waals surface area contributed by atoms with E-state index in [-0.39, 0.29) is 17.9 Å². The molecule has 0 aromatic rings. The van der Waals surface area contributed by atoms with Crippen LogP contribution in [-0.2, 0) is 23.9 Å². The number of aldehydes is 1. The summed E-state index contributed by atoms with van der Waals surface area (Å²) in [6, 6.07) is 0. The molecule has 1 rings (SSSR count). The molecule has 21 heavy (non-hydrogen) atoms. The molecule has 0 saturated heterocycles. The van der Waals surface area contributed by atoms with E-state index >= 15 is 0 Å². The summed E-state index contributed by atoms with van der Waals surface area (Å²) in [4.78, 5) is 33.1. The van der Waals surface area contributed by atoms with Crippen LogP contribution in [0.25, 0.3) is 0 Å². The Labute approximate surface area is 126 Å². The summed E-state index contributed by atoms with van der Waals surface area (Å²) < 4.78 is 9.56. The Kier molecular flexibility index (Phi) is 7.40. The third-order valence-corrected chi connectivity index (χ3v) is 4.18. The number of unbranched alkanes of at least 4 members (excludes halogenated alkanes) is 5. The number of carbonyl (C=O) groups is 3. The molecule has 1 fully saturated rings. The first-order valence-electron chi connectivity index (χ1n) is 7.73. The van der Waals surface area contributed by atoms with Crippen LogP contribution in [0.4, 0.5) is 0 Å². The predicted molar refractivity (Wildman–Crippen MR) is 77.6 cm³/mol. The predicted octanol–water partition coefficient (Wildman–Crippen LogP) is 2.66. The first-order valence-corrected chi connectivity index (χ1v) is 7.73. The maximum Gasteiger partial charge on any atom is 0.309 e. The van der Waals surface area contributed by atoms with Crippen LogP contribution < -0.4 is 0 Å². The summed E-state index contributed by atoms with van der Waals surface area (Å²) in [6.07, 6.45) is 8.57. The smallest absolute Gasteiger partial charge is 0.309 e. The highest BCUT2D eigenvalue weighted by molar-refractivity contribution is 5.84. The minimum absolute atomic E-state index is 0.219. The van der Waals surface area contributed by atoms with Crippen LogP contribution in [0.1, 0.15) is 58.3 Å². The van der Waals surface area contributed by atoms with E-state index in [2.05, 4.69) is 0 Å². The number of hydrogen-bond acceptors (Lipinski definition) is 5. The van der Waals surface area contributed by atoms with Gasteiger partial charge >= 0.3 is 11.9 Å². The zero-order valence-electron chi connectivity index (χ0n) is 13.1. The summed E-state index contributed by atoms with van der Waals surface area (Å²) in [7, 11) is 1.37. The molecule has 0 aromatic heterocycles. The summed E-state index contributed by atoms with van der Waals surface area (Å²) in [5.41, 5.74) is -0.442. The zero-order chi connectivity index (χ0) is 15.7. The van der Waals surface area contributed by atoms with Crippen molar-refractivity contribution < 1.29 is 23.9 Å². The van der Waals surface area contributed by atoms with E-state index in [1.54, 1.807) is 0 Å². The molecule has 0 heterocycles. The van der Waals surface area contributed by atoms with Gasteiger partial charge < -0.3 is 14.3 Å². The topological polar surface area (TPSA) is 69.7 Å². The fourth-order valence-electron chi connectivity index (χ4n) is 2.73. The third-order valence-electron chi connectivity index (χ3n) is 4.18. The van der Waals surface area contributed by atoms with E-state index in [9.17, 15) is 14.4 Å². The lowest BCUT2D eigenvalue weighted by molar-refractivity contribution is -0.144. The van der Waals surface area contributed by atoms with Gasteiger partial charge in [0.2, 0.25) is 0 Å². The lowest BCUT2D eigenvalue weighted by Gasteiger charge is -2.09. The van der Waals surface area contributed by atoms with E-state index in [1.807, 2.05) is 0 Å². The van der Waals surface area contributed by atoms with Gasteiger partial charge in [-0.15, -0.1) is 0 Å². The van der Waals surface area contributed by atoms with Crippen molar-refractivity contribution in [2.45, 2.75) is 58.3 Å². The average molecular weight is 298 g/mol. The van der Waals surface area contributed by atoms with Crippen molar-refractivity contribution in [3.8, 4) is 0 Å². The van der Waals surface area contributed by atoms with Crippen LogP contribution in [0.3, 0.4) is 0 Å². The minimum atomic E-state index is -0.442. The second kappa shape index (κ2) is 8.80. The summed E-state index contributed by atoms with van der Waals surface area (Å²) in [5.74, 6) is -0.699. The van der Waals surface area contributed by atoms with Crippen LogP contribution in [0.2, 0.25) is 0 Å². The van der Waals surface area contributed by atoms with E-state index in [4.69, 9.17) is 9.47 Å². The first kappa shape index (κ1) is 17.7. The van der Waals surface area contributed by atoms with Gasteiger partial charge in [0.05, 0.1) is 19.6 Å². The molecule has 5 heteroatoms. The van der Waals surface area contributed by atoms with E-state index in [1.165, 1.54) is 14.0 Å². The molecular formula is C16H26O5. The number of esters is 2. The van der Waals surface area contributed by atoms with Crippen molar-refractivity contribution in [2.24, 2.45) is 11.3 Å². The Balaban J connectivity index is 2.00. The van der Waals surface area contributed by atoms with Gasteiger partial charge in [-0.05, 0) is 19.3 Å². The monoisotopic (exact) mass is 298 g/mol. The Bertz CT molecular complexity index is 366. The molecule has 0 spiro atoms. The maximum atomic E-state index is 11.4. The maximum absolute atomic E-state index is 11.4. The Morgan fingerprint density at radius 3 is 2.33 bits per heavy atom. The number of rotatable bonds is 11. The van der Waals surface area contributed by atoms with Crippen molar-refractivity contribution in [1.82, 2.24) is 0 Å². The zero-order valence-corrected chi connectivity index (χ0v) is 13.1. The number of methoxy groups -OCH3 is 1.